The Morgan fingerprint density at radius 3 is 2.63 bits per heavy atom. The predicted molar refractivity (Wildman–Crippen MR) is 112 cm³/mol. The number of benzene rings is 1. The number of thiophene rings is 1. The average molecular weight is 446 g/mol. The summed E-state index contributed by atoms with van der Waals surface area (Å²) < 4.78 is 12.6. The van der Waals surface area contributed by atoms with Gasteiger partial charge in [0.1, 0.15) is 6.73 Å². The summed E-state index contributed by atoms with van der Waals surface area (Å²) in [4.78, 5) is 38.3. The topological polar surface area (TPSA) is 89.9 Å². The van der Waals surface area contributed by atoms with E-state index in [-0.39, 0.29) is 24.7 Å². The van der Waals surface area contributed by atoms with Crippen molar-refractivity contribution >= 4 is 40.6 Å². The minimum absolute atomic E-state index is 0.0207. The van der Waals surface area contributed by atoms with Gasteiger partial charge in [0.05, 0.1) is 15.8 Å². The maximum absolute atomic E-state index is 12.4. The van der Waals surface area contributed by atoms with E-state index in [1.165, 1.54) is 26.9 Å². The molecule has 0 aliphatic carbocycles. The molecule has 8 nitrogen and oxygen atoms in total. The van der Waals surface area contributed by atoms with Gasteiger partial charge in [-0.3, -0.25) is 19.5 Å². The molecule has 2 amide bonds. The monoisotopic (exact) mass is 445 g/mol. The summed E-state index contributed by atoms with van der Waals surface area (Å²) >= 11 is 7.04. The van der Waals surface area contributed by atoms with E-state index in [1.54, 1.807) is 54.7 Å². The van der Waals surface area contributed by atoms with E-state index in [2.05, 4.69) is 5.32 Å². The van der Waals surface area contributed by atoms with Crippen LogP contribution in [0.2, 0.25) is 4.34 Å². The van der Waals surface area contributed by atoms with Crippen LogP contribution in [0.3, 0.4) is 0 Å². The Kier molecular flexibility index (Phi) is 5.84. The minimum atomic E-state index is -0.869. The minimum Gasteiger partial charge on any atom is -0.417 e. The van der Waals surface area contributed by atoms with Crippen molar-refractivity contribution in [1.29, 1.82) is 0 Å². The smallest absolute Gasteiger partial charge is 0.414 e. The van der Waals surface area contributed by atoms with Gasteiger partial charge in [-0.15, -0.1) is 11.3 Å². The molecule has 1 unspecified atom stereocenters. The number of amides is 2. The zero-order valence-corrected chi connectivity index (χ0v) is 17.1. The maximum Gasteiger partial charge on any atom is 0.414 e. The number of carbonyl (C=O) groups excluding carboxylic acids is 2. The van der Waals surface area contributed by atoms with E-state index in [9.17, 15) is 14.4 Å². The van der Waals surface area contributed by atoms with Crippen LogP contribution < -0.4 is 10.9 Å². The van der Waals surface area contributed by atoms with Gasteiger partial charge in [-0.1, -0.05) is 17.7 Å². The van der Waals surface area contributed by atoms with Crippen molar-refractivity contribution in [2.75, 3.05) is 18.6 Å². The first-order valence-corrected chi connectivity index (χ1v) is 10.1. The molecule has 1 fully saturated rings. The third-order valence-corrected chi connectivity index (χ3v) is 5.53. The second-order valence-electron chi connectivity index (χ2n) is 6.34. The lowest BCUT2D eigenvalue weighted by molar-refractivity contribution is -0.0582. The molecular weight excluding hydrogens is 430 g/mol. The van der Waals surface area contributed by atoms with E-state index in [1.807, 2.05) is 0 Å². The van der Waals surface area contributed by atoms with Crippen molar-refractivity contribution in [2.45, 2.75) is 6.29 Å². The van der Waals surface area contributed by atoms with E-state index >= 15 is 0 Å². The summed E-state index contributed by atoms with van der Waals surface area (Å²) in [5.74, 6) is -0.231. The Balaban J connectivity index is 1.31. The second-order valence-corrected chi connectivity index (χ2v) is 8.06. The number of anilines is 1. The second kappa shape index (κ2) is 8.70. The Morgan fingerprint density at radius 2 is 1.93 bits per heavy atom. The summed E-state index contributed by atoms with van der Waals surface area (Å²) in [6.07, 6.45) is 0.0813. The quantitative estimate of drug-likeness (QED) is 0.663. The summed E-state index contributed by atoms with van der Waals surface area (Å²) in [6, 6.07) is 14.9. The molecule has 30 heavy (non-hydrogen) atoms. The fourth-order valence-electron chi connectivity index (χ4n) is 2.87. The van der Waals surface area contributed by atoms with E-state index < -0.39 is 12.4 Å². The van der Waals surface area contributed by atoms with Crippen molar-refractivity contribution in [1.82, 2.24) is 9.47 Å². The molecule has 1 N–H and O–H groups in total. The third kappa shape index (κ3) is 4.54. The molecular formula is C20H16ClN3O5S. The number of nitrogens with one attached hydrogen (secondary N) is 1. The van der Waals surface area contributed by atoms with Crippen molar-refractivity contribution in [3.8, 4) is 5.69 Å². The molecule has 10 heteroatoms. The summed E-state index contributed by atoms with van der Waals surface area (Å²) in [7, 11) is 0. The van der Waals surface area contributed by atoms with Crippen LogP contribution in [-0.4, -0.2) is 41.0 Å². The van der Waals surface area contributed by atoms with Crippen molar-refractivity contribution < 1.29 is 19.1 Å². The van der Waals surface area contributed by atoms with Crippen LogP contribution in [0.25, 0.3) is 5.69 Å². The molecule has 1 aliphatic heterocycles. The summed E-state index contributed by atoms with van der Waals surface area (Å²) in [6.45, 7) is 0.143. The Morgan fingerprint density at radius 1 is 1.13 bits per heavy atom. The lowest BCUT2D eigenvalue weighted by atomic mass is 10.2. The molecule has 154 valence electrons. The molecule has 3 heterocycles. The van der Waals surface area contributed by atoms with Gasteiger partial charge in [0.2, 0.25) is 6.29 Å². The molecule has 0 spiro atoms. The van der Waals surface area contributed by atoms with Gasteiger partial charge in [0, 0.05) is 23.6 Å². The van der Waals surface area contributed by atoms with Crippen LogP contribution in [-0.2, 0) is 9.47 Å². The number of rotatable bonds is 4. The fraction of sp³-hybridized carbons (Fsp3) is 0.150. The van der Waals surface area contributed by atoms with Gasteiger partial charge in [-0.25, -0.2) is 4.79 Å². The Labute approximate surface area is 180 Å². The normalized spacial score (nSPS) is 15.8. The van der Waals surface area contributed by atoms with Gasteiger partial charge >= 0.3 is 6.09 Å². The van der Waals surface area contributed by atoms with Crippen LogP contribution in [0, 0.1) is 0 Å². The van der Waals surface area contributed by atoms with Crippen LogP contribution in [0.15, 0.2) is 65.6 Å². The van der Waals surface area contributed by atoms with E-state index in [4.69, 9.17) is 21.1 Å². The van der Waals surface area contributed by atoms with Crippen LogP contribution in [0.5, 0.6) is 0 Å². The highest BCUT2D eigenvalue weighted by molar-refractivity contribution is 7.17. The zero-order valence-electron chi connectivity index (χ0n) is 15.5. The lowest BCUT2D eigenvalue weighted by Gasteiger charge is -2.13. The van der Waals surface area contributed by atoms with E-state index in [0.29, 0.717) is 20.6 Å². The Hall–Kier alpha value is -3.14. The first-order chi connectivity index (χ1) is 14.5. The predicted octanol–water partition coefficient (Wildman–Crippen LogP) is 3.56. The number of hydrogen-bond donors (Lipinski definition) is 1. The number of nitrogens with zero attached hydrogens (tertiary/aromatic N) is 2. The molecule has 4 rings (SSSR count). The lowest BCUT2D eigenvalue weighted by Crippen LogP contribution is -2.31. The van der Waals surface area contributed by atoms with Gasteiger partial charge < -0.3 is 14.4 Å². The number of aromatic nitrogens is 1. The highest BCUT2D eigenvalue weighted by Crippen LogP contribution is 2.24. The first-order valence-electron chi connectivity index (χ1n) is 8.91. The van der Waals surface area contributed by atoms with Crippen molar-refractivity contribution in [3.05, 3.63) is 80.4 Å². The first kappa shape index (κ1) is 20.1. The number of carbonyl (C=O) groups is 2. The maximum atomic E-state index is 12.4. The van der Waals surface area contributed by atoms with Gasteiger partial charge in [0.15, 0.2) is 0 Å². The van der Waals surface area contributed by atoms with Crippen molar-refractivity contribution in [2.24, 2.45) is 0 Å². The molecule has 0 bridgehead atoms. The molecule has 0 radical (unpaired) electrons. The fourth-order valence-corrected chi connectivity index (χ4v) is 3.88. The molecule has 3 aromatic rings. The zero-order chi connectivity index (χ0) is 21.1. The SMILES string of the molecule is O=C(Nc1ccc(-n2ccccc2=O)cc1)OC1CN(C(=O)c2ccc(Cl)s2)CO1. The van der Waals surface area contributed by atoms with Crippen LogP contribution >= 0.6 is 22.9 Å². The molecule has 1 aliphatic rings. The highest BCUT2D eigenvalue weighted by Gasteiger charge is 2.31. The van der Waals surface area contributed by atoms with Crippen molar-refractivity contribution in [3.63, 3.8) is 0 Å². The summed E-state index contributed by atoms with van der Waals surface area (Å²) in [5.41, 5.74) is 1.01. The number of halogens is 1. The standard InChI is InChI=1S/C20H16ClN3O5S/c21-16-9-8-15(30-16)19(26)23-11-18(28-12-23)29-20(27)22-13-4-6-14(7-5-13)24-10-2-1-3-17(24)25/h1-10,18H,11-12H2,(H,22,27). The largest absolute Gasteiger partial charge is 0.417 e. The Bertz CT molecular complexity index is 1130. The number of pyridine rings is 1. The highest BCUT2D eigenvalue weighted by atomic mass is 35.5. The molecule has 1 atom stereocenters. The average Bonchev–Trinajstić information content (AvgIpc) is 3.38. The summed E-state index contributed by atoms with van der Waals surface area (Å²) in [5, 5.41) is 2.59. The molecule has 1 saturated heterocycles. The number of hydrogen-bond acceptors (Lipinski definition) is 6. The van der Waals surface area contributed by atoms with Gasteiger partial charge in [-0.2, -0.15) is 0 Å². The molecule has 2 aromatic heterocycles. The third-order valence-electron chi connectivity index (χ3n) is 4.31. The number of ether oxygens (including phenoxy) is 2. The van der Waals surface area contributed by atoms with Crippen LogP contribution in [0.1, 0.15) is 9.67 Å². The van der Waals surface area contributed by atoms with E-state index in [0.717, 1.165) is 0 Å². The van der Waals surface area contributed by atoms with Gasteiger partial charge in [-0.05, 0) is 42.5 Å². The molecule has 1 aromatic carbocycles. The van der Waals surface area contributed by atoms with Gasteiger partial charge in [0.25, 0.3) is 11.5 Å². The molecule has 0 saturated carbocycles. The van der Waals surface area contributed by atoms with Crippen LogP contribution in [0.4, 0.5) is 10.5 Å².